The van der Waals surface area contributed by atoms with Gasteiger partial charge in [0.25, 0.3) is 5.91 Å². The lowest BCUT2D eigenvalue weighted by Gasteiger charge is -2.19. The first-order valence-corrected chi connectivity index (χ1v) is 12.3. The molecule has 158 valence electrons. The molecule has 3 aromatic rings. The van der Waals surface area contributed by atoms with Gasteiger partial charge in [-0.15, -0.1) is 0 Å². The van der Waals surface area contributed by atoms with Crippen molar-refractivity contribution in [2.24, 2.45) is 0 Å². The summed E-state index contributed by atoms with van der Waals surface area (Å²) in [6.07, 6.45) is 1.70. The van der Waals surface area contributed by atoms with E-state index in [0.29, 0.717) is 15.5 Å². The molecule has 1 aliphatic rings. The van der Waals surface area contributed by atoms with Crippen LogP contribution in [0.15, 0.2) is 79.8 Å². The van der Waals surface area contributed by atoms with Gasteiger partial charge in [-0.05, 0) is 54.1 Å². The SMILES string of the molecule is O=C1Nc2ccc(S(=O)(=O)Cc3c(F)cccc3F)cc2S/C1=C\c1ccc(Br)cc1. The maximum absolute atomic E-state index is 13.9. The fraction of sp³-hybridized carbons (Fsp3) is 0.0455. The van der Waals surface area contributed by atoms with Crippen molar-refractivity contribution in [1.29, 1.82) is 0 Å². The third kappa shape index (κ3) is 4.73. The predicted molar refractivity (Wildman–Crippen MR) is 120 cm³/mol. The van der Waals surface area contributed by atoms with Crippen molar-refractivity contribution in [3.05, 3.63) is 92.8 Å². The van der Waals surface area contributed by atoms with Gasteiger partial charge in [-0.25, -0.2) is 17.2 Å². The number of hydrogen-bond donors (Lipinski definition) is 1. The van der Waals surface area contributed by atoms with Gasteiger partial charge in [0.2, 0.25) is 0 Å². The van der Waals surface area contributed by atoms with Crippen LogP contribution in [0.1, 0.15) is 11.1 Å². The Morgan fingerprint density at radius 2 is 1.68 bits per heavy atom. The molecule has 1 amide bonds. The highest BCUT2D eigenvalue weighted by atomic mass is 79.9. The minimum atomic E-state index is -4.02. The third-order valence-corrected chi connectivity index (χ3v) is 7.82. The molecule has 1 heterocycles. The zero-order valence-electron chi connectivity index (χ0n) is 15.7. The number of fused-ring (bicyclic) bond motifs is 1. The summed E-state index contributed by atoms with van der Waals surface area (Å²) in [5, 5.41) is 2.74. The van der Waals surface area contributed by atoms with Crippen LogP contribution in [0.3, 0.4) is 0 Å². The zero-order valence-corrected chi connectivity index (χ0v) is 19.0. The largest absolute Gasteiger partial charge is 0.320 e. The van der Waals surface area contributed by atoms with Crippen molar-refractivity contribution in [2.45, 2.75) is 15.5 Å². The summed E-state index contributed by atoms with van der Waals surface area (Å²) < 4.78 is 54.4. The van der Waals surface area contributed by atoms with E-state index in [4.69, 9.17) is 0 Å². The van der Waals surface area contributed by atoms with Gasteiger partial charge < -0.3 is 5.32 Å². The molecular formula is C22H14BrF2NO3S2. The summed E-state index contributed by atoms with van der Waals surface area (Å²) in [6.45, 7) is 0. The first-order valence-electron chi connectivity index (χ1n) is 8.99. The number of anilines is 1. The van der Waals surface area contributed by atoms with Crippen molar-refractivity contribution in [3.63, 3.8) is 0 Å². The molecular weight excluding hydrogens is 508 g/mol. The maximum atomic E-state index is 13.9. The molecule has 0 aromatic heterocycles. The highest BCUT2D eigenvalue weighted by Crippen LogP contribution is 2.40. The summed E-state index contributed by atoms with van der Waals surface area (Å²) >= 11 is 4.49. The van der Waals surface area contributed by atoms with Gasteiger partial charge in [0.05, 0.1) is 21.2 Å². The van der Waals surface area contributed by atoms with Crippen LogP contribution >= 0.6 is 27.7 Å². The van der Waals surface area contributed by atoms with Gasteiger partial charge >= 0.3 is 0 Å². The molecule has 0 fully saturated rings. The van der Waals surface area contributed by atoms with Crippen molar-refractivity contribution in [2.75, 3.05) is 5.32 Å². The summed E-state index contributed by atoms with van der Waals surface area (Å²) in [4.78, 5) is 13.3. The second-order valence-corrected chi connectivity index (χ2v) is 10.7. The van der Waals surface area contributed by atoms with Crippen molar-refractivity contribution in [3.8, 4) is 0 Å². The quantitative estimate of drug-likeness (QED) is 0.441. The fourth-order valence-corrected chi connectivity index (χ4v) is 5.71. The Bertz CT molecular complexity index is 1300. The van der Waals surface area contributed by atoms with Crippen LogP contribution in [-0.2, 0) is 20.4 Å². The van der Waals surface area contributed by atoms with E-state index in [9.17, 15) is 22.0 Å². The molecule has 1 N–H and O–H groups in total. The van der Waals surface area contributed by atoms with Gasteiger partial charge in [0, 0.05) is 14.9 Å². The summed E-state index contributed by atoms with van der Waals surface area (Å²) in [7, 11) is -4.02. The minimum Gasteiger partial charge on any atom is -0.320 e. The molecule has 0 spiro atoms. The van der Waals surface area contributed by atoms with Gasteiger partial charge in [-0.2, -0.15) is 0 Å². The molecule has 0 saturated carbocycles. The Morgan fingerprint density at radius 1 is 1.00 bits per heavy atom. The van der Waals surface area contributed by atoms with Gasteiger partial charge in [-0.3, -0.25) is 4.79 Å². The number of carbonyl (C=O) groups is 1. The number of carbonyl (C=O) groups excluding carboxylic acids is 1. The lowest BCUT2D eigenvalue weighted by Crippen LogP contribution is -2.18. The van der Waals surface area contributed by atoms with Gasteiger partial charge in [0.1, 0.15) is 11.6 Å². The van der Waals surface area contributed by atoms with Crippen LogP contribution in [0.2, 0.25) is 0 Å². The highest BCUT2D eigenvalue weighted by molar-refractivity contribution is 9.10. The molecule has 4 rings (SSSR count). The molecule has 3 aromatic carbocycles. The van der Waals surface area contributed by atoms with Crippen molar-refractivity contribution in [1.82, 2.24) is 0 Å². The molecule has 0 unspecified atom stereocenters. The number of nitrogens with one attached hydrogen (secondary N) is 1. The monoisotopic (exact) mass is 521 g/mol. The van der Waals surface area contributed by atoms with E-state index < -0.39 is 32.8 Å². The molecule has 1 aliphatic heterocycles. The van der Waals surface area contributed by atoms with Crippen molar-refractivity contribution >= 4 is 55.2 Å². The summed E-state index contributed by atoms with van der Waals surface area (Å²) in [6, 6.07) is 14.8. The number of sulfone groups is 1. The van der Waals surface area contributed by atoms with E-state index in [2.05, 4.69) is 21.2 Å². The molecule has 0 radical (unpaired) electrons. The molecule has 9 heteroatoms. The first-order chi connectivity index (χ1) is 14.7. The van der Waals surface area contributed by atoms with E-state index in [1.165, 1.54) is 24.3 Å². The predicted octanol–water partition coefficient (Wildman–Crippen LogP) is 5.79. The average Bonchev–Trinajstić information content (AvgIpc) is 2.73. The van der Waals surface area contributed by atoms with Gasteiger partial charge in [-0.1, -0.05) is 45.9 Å². The lowest BCUT2D eigenvalue weighted by atomic mass is 10.2. The Balaban J connectivity index is 1.65. The van der Waals surface area contributed by atoms with Crippen LogP contribution in [0.4, 0.5) is 14.5 Å². The lowest BCUT2D eigenvalue weighted by molar-refractivity contribution is -0.112. The standard InChI is InChI=1S/C22H14BrF2NO3S2/c23-14-6-4-13(5-7-14)10-21-22(27)26-19-9-8-15(11-20(19)30-21)31(28,29)12-16-17(24)2-1-3-18(16)25/h1-11H,12H2,(H,26,27)/b21-10-. The van der Waals surface area contributed by atoms with E-state index in [1.54, 1.807) is 6.08 Å². The number of thioether (sulfide) groups is 1. The number of rotatable bonds is 4. The zero-order chi connectivity index (χ0) is 22.2. The molecule has 4 nitrogen and oxygen atoms in total. The number of benzene rings is 3. The Labute approximate surface area is 190 Å². The first kappa shape index (κ1) is 21.7. The van der Waals surface area contributed by atoms with E-state index in [1.807, 2.05) is 24.3 Å². The Morgan fingerprint density at radius 3 is 2.35 bits per heavy atom. The summed E-state index contributed by atoms with van der Waals surface area (Å²) in [5.41, 5.74) is 0.777. The van der Waals surface area contributed by atoms with Crippen LogP contribution < -0.4 is 5.32 Å². The maximum Gasteiger partial charge on any atom is 0.262 e. The molecule has 0 saturated heterocycles. The molecule has 31 heavy (non-hydrogen) atoms. The number of halogens is 3. The number of amides is 1. The topological polar surface area (TPSA) is 63.2 Å². The van der Waals surface area contributed by atoms with Crippen LogP contribution in [0.25, 0.3) is 6.08 Å². The third-order valence-electron chi connectivity index (χ3n) is 4.57. The average molecular weight is 522 g/mol. The molecule has 0 bridgehead atoms. The normalized spacial score (nSPS) is 14.9. The second kappa shape index (κ2) is 8.57. The highest BCUT2D eigenvalue weighted by Gasteiger charge is 2.25. The Hall–Kier alpha value is -2.49. The van der Waals surface area contributed by atoms with Crippen LogP contribution in [0, 0.1) is 11.6 Å². The Kier molecular flexibility index (Phi) is 6.00. The fourth-order valence-electron chi connectivity index (χ4n) is 2.98. The van der Waals surface area contributed by atoms with Crippen LogP contribution in [0.5, 0.6) is 0 Å². The summed E-state index contributed by atoms with van der Waals surface area (Å²) in [5.74, 6) is -2.93. The molecule has 0 aliphatic carbocycles. The second-order valence-electron chi connectivity index (χ2n) is 6.73. The minimum absolute atomic E-state index is 0.0828. The van der Waals surface area contributed by atoms with E-state index in [0.717, 1.165) is 33.9 Å². The van der Waals surface area contributed by atoms with E-state index >= 15 is 0 Å². The van der Waals surface area contributed by atoms with Crippen LogP contribution in [-0.4, -0.2) is 14.3 Å². The van der Waals surface area contributed by atoms with Crippen molar-refractivity contribution < 1.29 is 22.0 Å². The smallest absolute Gasteiger partial charge is 0.262 e. The number of hydrogen-bond acceptors (Lipinski definition) is 4. The molecule has 0 atom stereocenters. The van der Waals surface area contributed by atoms with E-state index in [-0.39, 0.29) is 10.8 Å². The van der Waals surface area contributed by atoms with Gasteiger partial charge in [0.15, 0.2) is 9.84 Å².